The van der Waals surface area contributed by atoms with E-state index in [4.69, 9.17) is 0 Å². The fraction of sp³-hybridized carbons (Fsp3) is 0.571. The van der Waals surface area contributed by atoms with E-state index in [0.29, 0.717) is 18.2 Å². The van der Waals surface area contributed by atoms with Gasteiger partial charge >= 0.3 is 0 Å². The second-order valence-electron chi connectivity index (χ2n) is 5.11. The van der Waals surface area contributed by atoms with E-state index in [2.05, 4.69) is 40.1 Å². The third-order valence-electron chi connectivity index (χ3n) is 3.58. The summed E-state index contributed by atoms with van der Waals surface area (Å²) in [5.41, 5.74) is 0.714. The molecule has 0 bridgehead atoms. The smallest absolute Gasteiger partial charge is 0.127 e. The van der Waals surface area contributed by atoms with Crippen molar-refractivity contribution >= 4 is 15.9 Å². The fourth-order valence-electron chi connectivity index (χ4n) is 2.08. The van der Waals surface area contributed by atoms with Crippen LogP contribution in [0.5, 0.6) is 0 Å². The van der Waals surface area contributed by atoms with Crippen LogP contribution in [0.15, 0.2) is 22.7 Å². The van der Waals surface area contributed by atoms with Gasteiger partial charge in [0.2, 0.25) is 0 Å². The zero-order valence-electron chi connectivity index (χ0n) is 10.9. The predicted octanol–water partition coefficient (Wildman–Crippen LogP) is 3.16. The molecule has 1 aromatic rings. The summed E-state index contributed by atoms with van der Waals surface area (Å²) in [4.78, 5) is 2.41. The largest absolute Gasteiger partial charge is 0.311 e. The third kappa shape index (κ3) is 3.77. The van der Waals surface area contributed by atoms with Gasteiger partial charge in [-0.1, -0.05) is 15.9 Å². The summed E-state index contributed by atoms with van der Waals surface area (Å²) in [6, 6.07) is 6.32. The Kier molecular flexibility index (Phi) is 4.76. The Bertz CT molecular complexity index is 407. The van der Waals surface area contributed by atoms with Crippen molar-refractivity contribution in [2.45, 2.75) is 38.4 Å². The van der Waals surface area contributed by atoms with E-state index in [1.54, 1.807) is 6.07 Å². The van der Waals surface area contributed by atoms with Gasteiger partial charge < -0.3 is 5.32 Å². The first kappa shape index (κ1) is 14.0. The van der Waals surface area contributed by atoms with Crippen molar-refractivity contribution in [1.29, 1.82) is 0 Å². The summed E-state index contributed by atoms with van der Waals surface area (Å²) in [6.45, 7) is 3.68. The van der Waals surface area contributed by atoms with Crippen molar-refractivity contribution < 1.29 is 4.39 Å². The zero-order chi connectivity index (χ0) is 13.1. The normalized spacial score (nSPS) is 17.2. The Morgan fingerprint density at radius 3 is 2.89 bits per heavy atom. The Hall–Kier alpha value is -0.450. The number of benzene rings is 1. The fourth-order valence-corrected chi connectivity index (χ4v) is 2.49. The maximum absolute atomic E-state index is 13.5. The highest BCUT2D eigenvalue weighted by Crippen LogP contribution is 2.26. The molecule has 4 heteroatoms. The average molecular weight is 315 g/mol. The van der Waals surface area contributed by atoms with Gasteiger partial charge in [-0.2, -0.15) is 0 Å². The summed E-state index contributed by atoms with van der Waals surface area (Å²) in [5.74, 6) is -0.145. The molecule has 1 atom stereocenters. The molecule has 0 saturated heterocycles. The van der Waals surface area contributed by atoms with E-state index < -0.39 is 0 Å². The SMILES string of the molecule is CC(CNCc1cc(Br)ccc1F)N(C)C1CC1. The number of hydrogen-bond acceptors (Lipinski definition) is 2. The molecule has 0 spiro atoms. The van der Waals surface area contributed by atoms with E-state index in [-0.39, 0.29) is 5.82 Å². The highest BCUT2D eigenvalue weighted by Gasteiger charge is 2.28. The second kappa shape index (κ2) is 6.13. The van der Waals surface area contributed by atoms with Gasteiger partial charge in [-0.25, -0.2) is 4.39 Å². The van der Waals surface area contributed by atoms with Crippen LogP contribution in [0.3, 0.4) is 0 Å². The van der Waals surface area contributed by atoms with Crippen molar-refractivity contribution in [3.8, 4) is 0 Å². The van der Waals surface area contributed by atoms with Crippen molar-refractivity contribution in [3.63, 3.8) is 0 Å². The lowest BCUT2D eigenvalue weighted by Gasteiger charge is -2.24. The molecule has 0 aliphatic heterocycles. The molecule has 0 aromatic heterocycles. The van der Waals surface area contributed by atoms with E-state index in [1.807, 2.05) is 6.07 Å². The molecular formula is C14H20BrFN2. The van der Waals surface area contributed by atoms with E-state index >= 15 is 0 Å². The van der Waals surface area contributed by atoms with Crippen LogP contribution in [-0.2, 0) is 6.54 Å². The van der Waals surface area contributed by atoms with E-state index in [9.17, 15) is 4.39 Å². The van der Waals surface area contributed by atoms with Crippen LogP contribution in [0.4, 0.5) is 4.39 Å². The lowest BCUT2D eigenvalue weighted by atomic mass is 10.2. The van der Waals surface area contributed by atoms with E-state index in [0.717, 1.165) is 17.1 Å². The number of rotatable bonds is 6. The molecule has 1 aliphatic rings. The standard InChI is InChI=1S/C14H20BrFN2/c1-10(18(2)13-4-5-13)8-17-9-11-7-12(15)3-6-14(11)16/h3,6-7,10,13,17H,4-5,8-9H2,1-2H3. The van der Waals surface area contributed by atoms with Crippen LogP contribution in [0.25, 0.3) is 0 Å². The number of hydrogen-bond donors (Lipinski definition) is 1. The Labute approximate surface area is 117 Å². The second-order valence-corrected chi connectivity index (χ2v) is 6.03. The van der Waals surface area contributed by atoms with Gasteiger partial charge in [0, 0.05) is 35.2 Å². The molecule has 1 aliphatic carbocycles. The number of nitrogens with one attached hydrogen (secondary N) is 1. The molecule has 0 heterocycles. The van der Waals surface area contributed by atoms with E-state index in [1.165, 1.54) is 18.9 Å². The lowest BCUT2D eigenvalue weighted by molar-refractivity contribution is 0.241. The van der Waals surface area contributed by atoms with Crippen LogP contribution >= 0.6 is 15.9 Å². The number of likely N-dealkylation sites (N-methyl/N-ethyl adjacent to an activating group) is 1. The maximum atomic E-state index is 13.5. The first-order valence-electron chi connectivity index (χ1n) is 6.44. The molecule has 0 amide bonds. The monoisotopic (exact) mass is 314 g/mol. The van der Waals surface area contributed by atoms with Gasteiger partial charge in [-0.15, -0.1) is 0 Å². The zero-order valence-corrected chi connectivity index (χ0v) is 12.5. The summed E-state index contributed by atoms with van der Waals surface area (Å²) in [5, 5.41) is 3.33. The molecule has 1 aromatic carbocycles. The number of nitrogens with zero attached hydrogens (tertiary/aromatic N) is 1. The first-order chi connectivity index (χ1) is 8.58. The highest BCUT2D eigenvalue weighted by atomic mass is 79.9. The van der Waals surface area contributed by atoms with Crippen LogP contribution in [-0.4, -0.2) is 30.6 Å². The predicted molar refractivity (Wildman–Crippen MR) is 76.1 cm³/mol. The summed E-state index contributed by atoms with van der Waals surface area (Å²) in [7, 11) is 2.17. The van der Waals surface area contributed by atoms with Crippen molar-refractivity contribution in [3.05, 3.63) is 34.1 Å². The van der Waals surface area contributed by atoms with Crippen molar-refractivity contribution in [1.82, 2.24) is 10.2 Å². The molecule has 1 fully saturated rings. The lowest BCUT2D eigenvalue weighted by Crippen LogP contribution is -2.39. The summed E-state index contributed by atoms with van der Waals surface area (Å²) < 4.78 is 14.4. The molecular weight excluding hydrogens is 295 g/mol. The average Bonchev–Trinajstić information content (AvgIpc) is 3.16. The molecule has 1 unspecified atom stereocenters. The molecule has 0 radical (unpaired) electrons. The van der Waals surface area contributed by atoms with Crippen LogP contribution in [0, 0.1) is 5.82 Å². The first-order valence-corrected chi connectivity index (χ1v) is 7.24. The minimum absolute atomic E-state index is 0.145. The number of halogens is 2. The summed E-state index contributed by atoms with van der Waals surface area (Å²) >= 11 is 3.37. The molecule has 1 N–H and O–H groups in total. The molecule has 1 saturated carbocycles. The minimum Gasteiger partial charge on any atom is -0.311 e. The summed E-state index contributed by atoms with van der Waals surface area (Å²) in [6.07, 6.45) is 2.64. The van der Waals surface area contributed by atoms with Gasteiger partial charge in [0.25, 0.3) is 0 Å². The van der Waals surface area contributed by atoms with Gasteiger partial charge in [0.05, 0.1) is 0 Å². The Balaban J connectivity index is 1.78. The van der Waals surface area contributed by atoms with Gasteiger partial charge in [-0.3, -0.25) is 4.90 Å². The van der Waals surface area contributed by atoms with Crippen molar-refractivity contribution in [2.24, 2.45) is 0 Å². The van der Waals surface area contributed by atoms with Gasteiger partial charge in [0.1, 0.15) is 5.82 Å². The molecule has 100 valence electrons. The molecule has 18 heavy (non-hydrogen) atoms. The van der Waals surface area contributed by atoms with Gasteiger partial charge in [-0.05, 0) is 45.0 Å². The van der Waals surface area contributed by atoms with Crippen LogP contribution < -0.4 is 5.32 Å². The topological polar surface area (TPSA) is 15.3 Å². The molecule has 2 rings (SSSR count). The highest BCUT2D eigenvalue weighted by molar-refractivity contribution is 9.10. The van der Waals surface area contributed by atoms with Crippen LogP contribution in [0.2, 0.25) is 0 Å². The quantitative estimate of drug-likeness (QED) is 0.867. The molecule has 2 nitrogen and oxygen atoms in total. The van der Waals surface area contributed by atoms with Gasteiger partial charge in [0.15, 0.2) is 0 Å². The van der Waals surface area contributed by atoms with Crippen LogP contribution in [0.1, 0.15) is 25.3 Å². The Morgan fingerprint density at radius 1 is 1.50 bits per heavy atom. The third-order valence-corrected chi connectivity index (χ3v) is 4.07. The minimum atomic E-state index is -0.145. The Morgan fingerprint density at radius 2 is 2.22 bits per heavy atom. The van der Waals surface area contributed by atoms with Crippen molar-refractivity contribution in [2.75, 3.05) is 13.6 Å². The maximum Gasteiger partial charge on any atom is 0.127 e.